The fourth-order valence-corrected chi connectivity index (χ4v) is 2.58. The molecule has 19 heavy (non-hydrogen) atoms. The second kappa shape index (κ2) is 5.47. The number of benzene rings is 1. The summed E-state index contributed by atoms with van der Waals surface area (Å²) in [5.74, 6) is 5.30. The van der Waals surface area contributed by atoms with Gasteiger partial charge in [-0.15, -0.1) is 0 Å². The SMILES string of the molecule is Cc1cc(C)c(C(NN)c2cncc(F)c2)c(C)c1. The number of rotatable bonds is 3. The van der Waals surface area contributed by atoms with Gasteiger partial charge in [-0.25, -0.2) is 9.82 Å². The van der Waals surface area contributed by atoms with Crippen LogP contribution >= 0.6 is 0 Å². The number of pyridine rings is 1. The monoisotopic (exact) mass is 259 g/mol. The van der Waals surface area contributed by atoms with Gasteiger partial charge in [-0.1, -0.05) is 17.7 Å². The smallest absolute Gasteiger partial charge is 0.141 e. The van der Waals surface area contributed by atoms with E-state index in [-0.39, 0.29) is 11.9 Å². The molecule has 0 bridgehead atoms. The average Bonchev–Trinajstić information content (AvgIpc) is 2.33. The van der Waals surface area contributed by atoms with Gasteiger partial charge in [0.2, 0.25) is 0 Å². The van der Waals surface area contributed by atoms with Crippen molar-refractivity contribution in [3.05, 3.63) is 64.2 Å². The Hall–Kier alpha value is -1.78. The van der Waals surface area contributed by atoms with Gasteiger partial charge in [0.1, 0.15) is 5.82 Å². The predicted octanol–water partition coefficient (Wildman–Crippen LogP) is 2.70. The molecule has 3 N–H and O–H groups in total. The minimum atomic E-state index is -0.361. The number of nitrogens with one attached hydrogen (secondary N) is 1. The summed E-state index contributed by atoms with van der Waals surface area (Å²) in [4.78, 5) is 3.88. The fraction of sp³-hybridized carbons (Fsp3) is 0.267. The summed E-state index contributed by atoms with van der Waals surface area (Å²) in [7, 11) is 0. The topological polar surface area (TPSA) is 50.9 Å². The highest BCUT2D eigenvalue weighted by atomic mass is 19.1. The number of nitrogens with zero attached hydrogens (tertiary/aromatic N) is 1. The number of hydrazine groups is 1. The third-order valence-electron chi connectivity index (χ3n) is 3.25. The van der Waals surface area contributed by atoms with E-state index in [1.807, 2.05) is 13.8 Å². The predicted molar refractivity (Wildman–Crippen MR) is 74.0 cm³/mol. The van der Waals surface area contributed by atoms with Crippen molar-refractivity contribution >= 4 is 0 Å². The Morgan fingerprint density at radius 2 is 1.74 bits per heavy atom. The molecule has 2 rings (SSSR count). The highest BCUT2D eigenvalue weighted by Gasteiger charge is 2.18. The van der Waals surface area contributed by atoms with Crippen molar-refractivity contribution < 1.29 is 4.39 Å². The standard InChI is InChI=1S/C15H18FN3/c1-9-4-10(2)14(11(3)5-9)15(19-17)12-6-13(16)8-18-7-12/h4-8,15,19H,17H2,1-3H3. The first-order valence-corrected chi connectivity index (χ1v) is 6.17. The van der Waals surface area contributed by atoms with Gasteiger partial charge in [0.15, 0.2) is 0 Å². The molecule has 1 heterocycles. The largest absolute Gasteiger partial charge is 0.271 e. The molecule has 0 aliphatic carbocycles. The van der Waals surface area contributed by atoms with E-state index < -0.39 is 0 Å². The zero-order valence-corrected chi connectivity index (χ0v) is 11.4. The molecule has 1 aromatic heterocycles. The highest BCUT2D eigenvalue weighted by Crippen LogP contribution is 2.28. The first kappa shape index (κ1) is 13.6. The molecular formula is C15H18FN3. The van der Waals surface area contributed by atoms with Crippen LogP contribution in [0.4, 0.5) is 4.39 Å². The number of hydrogen-bond donors (Lipinski definition) is 2. The fourth-order valence-electron chi connectivity index (χ4n) is 2.58. The van der Waals surface area contributed by atoms with Crippen molar-refractivity contribution in [3.8, 4) is 0 Å². The molecule has 2 aromatic rings. The molecule has 0 aliphatic rings. The minimum Gasteiger partial charge on any atom is -0.271 e. The second-order valence-electron chi connectivity index (χ2n) is 4.85. The average molecular weight is 259 g/mol. The molecule has 0 radical (unpaired) electrons. The van der Waals surface area contributed by atoms with Crippen LogP contribution in [-0.4, -0.2) is 4.98 Å². The molecule has 0 fully saturated rings. The van der Waals surface area contributed by atoms with Crippen molar-refractivity contribution in [2.24, 2.45) is 5.84 Å². The Morgan fingerprint density at radius 1 is 1.11 bits per heavy atom. The zero-order valence-electron chi connectivity index (χ0n) is 11.4. The Morgan fingerprint density at radius 3 is 2.26 bits per heavy atom. The third kappa shape index (κ3) is 2.80. The maximum absolute atomic E-state index is 13.3. The van der Waals surface area contributed by atoms with Crippen LogP contribution in [0, 0.1) is 26.6 Å². The summed E-state index contributed by atoms with van der Waals surface area (Å²) in [5.41, 5.74) is 8.01. The molecule has 0 saturated carbocycles. The lowest BCUT2D eigenvalue weighted by Crippen LogP contribution is -2.30. The van der Waals surface area contributed by atoms with E-state index in [1.165, 1.54) is 17.8 Å². The molecule has 0 spiro atoms. The number of aryl methyl sites for hydroxylation is 3. The summed E-state index contributed by atoms with van der Waals surface area (Å²) in [5, 5.41) is 0. The summed E-state index contributed by atoms with van der Waals surface area (Å²) in [6.45, 7) is 6.12. The van der Waals surface area contributed by atoms with Crippen molar-refractivity contribution in [2.45, 2.75) is 26.8 Å². The van der Waals surface area contributed by atoms with Crippen LogP contribution in [0.5, 0.6) is 0 Å². The van der Waals surface area contributed by atoms with E-state index in [4.69, 9.17) is 5.84 Å². The van der Waals surface area contributed by atoms with E-state index in [0.29, 0.717) is 0 Å². The van der Waals surface area contributed by atoms with E-state index in [1.54, 1.807) is 6.20 Å². The lowest BCUT2D eigenvalue weighted by molar-refractivity contribution is 0.595. The van der Waals surface area contributed by atoms with Crippen LogP contribution in [-0.2, 0) is 0 Å². The first-order valence-electron chi connectivity index (χ1n) is 6.17. The Balaban J connectivity index is 2.54. The van der Waals surface area contributed by atoms with Gasteiger partial charge in [-0.2, -0.15) is 0 Å². The van der Waals surface area contributed by atoms with Gasteiger partial charge in [0, 0.05) is 6.20 Å². The second-order valence-corrected chi connectivity index (χ2v) is 4.85. The van der Waals surface area contributed by atoms with E-state index in [9.17, 15) is 4.39 Å². The van der Waals surface area contributed by atoms with E-state index >= 15 is 0 Å². The molecule has 0 saturated heterocycles. The molecule has 1 aromatic carbocycles. The van der Waals surface area contributed by atoms with Gasteiger partial charge >= 0.3 is 0 Å². The first-order chi connectivity index (χ1) is 9.02. The lowest BCUT2D eigenvalue weighted by atomic mass is 9.91. The number of halogens is 1. The Labute approximate surface area is 112 Å². The van der Waals surface area contributed by atoms with Crippen LogP contribution < -0.4 is 11.3 Å². The van der Waals surface area contributed by atoms with Gasteiger partial charge < -0.3 is 0 Å². The van der Waals surface area contributed by atoms with Crippen LogP contribution in [0.1, 0.15) is 33.9 Å². The normalized spacial score (nSPS) is 12.5. The molecule has 4 heteroatoms. The van der Waals surface area contributed by atoms with E-state index in [0.717, 1.165) is 22.3 Å². The summed E-state index contributed by atoms with van der Waals surface area (Å²) in [6, 6.07) is 5.39. The highest BCUT2D eigenvalue weighted by molar-refractivity contribution is 5.43. The maximum Gasteiger partial charge on any atom is 0.141 e. The van der Waals surface area contributed by atoms with Gasteiger partial charge in [-0.05, 0) is 49.1 Å². The molecular weight excluding hydrogens is 241 g/mol. The van der Waals surface area contributed by atoms with Gasteiger partial charge in [0.25, 0.3) is 0 Å². The number of nitrogens with two attached hydrogens (primary N) is 1. The molecule has 0 aliphatic heterocycles. The van der Waals surface area contributed by atoms with Crippen LogP contribution in [0.2, 0.25) is 0 Å². The maximum atomic E-state index is 13.3. The van der Waals surface area contributed by atoms with Crippen LogP contribution in [0.3, 0.4) is 0 Å². The van der Waals surface area contributed by atoms with Crippen molar-refractivity contribution in [3.63, 3.8) is 0 Å². The van der Waals surface area contributed by atoms with Crippen LogP contribution in [0.25, 0.3) is 0 Å². The molecule has 1 atom stereocenters. The Kier molecular flexibility index (Phi) is 3.93. The van der Waals surface area contributed by atoms with Crippen molar-refractivity contribution in [1.82, 2.24) is 10.4 Å². The Bertz CT molecular complexity index is 573. The quantitative estimate of drug-likeness (QED) is 0.658. The summed E-state index contributed by atoms with van der Waals surface area (Å²) < 4.78 is 13.3. The van der Waals surface area contributed by atoms with Crippen LogP contribution in [0.15, 0.2) is 30.6 Å². The number of hydrogen-bond acceptors (Lipinski definition) is 3. The molecule has 0 amide bonds. The van der Waals surface area contributed by atoms with Gasteiger partial charge in [-0.3, -0.25) is 10.8 Å². The molecule has 100 valence electrons. The summed E-state index contributed by atoms with van der Waals surface area (Å²) in [6.07, 6.45) is 2.82. The summed E-state index contributed by atoms with van der Waals surface area (Å²) >= 11 is 0. The molecule has 1 unspecified atom stereocenters. The number of aromatic nitrogens is 1. The minimum absolute atomic E-state index is 0.260. The van der Waals surface area contributed by atoms with Gasteiger partial charge in [0.05, 0.1) is 12.2 Å². The van der Waals surface area contributed by atoms with E-state index in [2.05, 4.69) is 29.5 Å². The zero-order chi connectivity index (χ0) is 14.0. The molecule has 3 nitrogen and oxygen atoms in total. The third-order valence-corrected chi connectivity index (χ3v) is 3.25. The lowest BCUT2D eigenvalue weighted by Gasteiger charge is -2.21. The van der Waals surface area contributed by atoms with Crippen molar-refractivity contribution in [1.29, 1.82) is 0 Å². The van der Waals surface area contributed by atoms with Crippen molar-refractivity contribution in [2.75, 3.05) is 0 Å².